The molecule has 0 bridgehead atoms. The van der Waals surface area contributed by atoms with E-state index in [-0.39, 0.29) is 35.7 Å². The second-order valence-electron chi connectivity index (χ2n) is 10.7. The van der Waals surface area contributed by atoms with E-state index < -0.39 is 34.1 Å². The van der Waals surface area contributed by atoms with Crippen molar-refractivity contribution in [3.63, 3.8) is 0 Å². The molecule has 1 fully saturated rings. The lowest BCUT2D eigenvalue weighted by atomic mass is 9.94. The third-order valence-electron chi connectivity index (χ3n) is 6.22. The zero-order chi connectivity index (χ0) is 27.1. The van der Waals surface area contributed by atoms with Crippen LogP contribution in [0.4, 0.5) is 0 Å². The maximum absolute atomic E-state index is 13.6. The Morgan fingerprint density at radius 1 is 1.08 bits per heavy atom. The standard InChI is InChI=1S/C27H40N2O6S/c1-7-35-23(32)20(16-18-10-12-19(30)13-11-18)28-24(33)27(14-8-9-15-27)29-22(31)21(17(2)3)36-25(34)26(4,5)6/h10-13,17,20-21,30H,7-9,14-16H2,1-6H3,(H,28,33)(H,29,31)/t20-,21-/m0/s1. The van der Waals surface area contributed by atoms with E-state index in [1.165, 1.54) is 12.1 Å². The van der Waals surface area contributed by atoms with Gasteiger partial charge in [-0.15, -0.1) is 0 Å². The fourth-order valence-electron chi connectivity index (χ4n) is 4.08. The monoisotopic (exact) mass is 520 g/mol. The molecule has 2 rings (SSSR count). The van der Waals surface area contributed by atoms with Crippen LogP contribution in [-0.4, -0.2) is 51.4 Å². The molecule has 8 nitrogen and oxygen atoms in total. The number of esters is 1. The van der Waals surface area contributed by atoms with Crippen LogP contribution in [0.5, 0.6) is 5.75 Å². The number of carbonyl (C=O) groups excluding carboxylic acids is 4. The number of amides is 2. The highest BCUT2D eigenvalue weighted by atomic mass is 32.2. The van der Waals surface area contributed by atoms with E-state index in [0.717, 1.165) is 30.2 Å². The van der Waals surface area contributed by atoms with Gasteiger partial charge in [0.25, 0.3) is 0 Å². The summed E-state index contributed by atoms with van der Waals surface area (Å²) in [5.74, 6) is -1.37. The molecule has 1 aliphatic carbocycles. The van der Waals surface area contributed by atoms with Crippen molar-refractivity contribution in [3.8, 4) is 5.75 Å². The number of phenols is 1. The summed E-state index contributed by atoms with van der Waals surface area (Å²) in [6.07, 6.45) is 2.59. The van der Waals surface area contributed by atoms with E-state index in [1.807, 2.05) is 34.6 Å². The largest absolute Gasteiger partial charge is 0.508 e. The average molecular weight is 521 g/mol. The molecule has 0 unspecified atom stereocenters. The summed E-state index contributed by atoms with van der Waals surface area (Å²) in [5, 5.41) is 14.6. The molecule has 1 aliphatic rings. The first-order valence-electron chi connectivity index (χ1n) is 12.6. The number of thioether (sulfide) groups is 1. The second kappa shape index (κ2) is 12.6. The molecule has 1 saturated carbocycles. The summed E-state index contributed by atoms with van der Waals surface area (Å²) in [7, 11) is 0. The van der Waals surface area contributed by atoms with Gasteiger partial charge < -0.3 is 20.5 Å². The first-order chi connectivity index (χ1) is 16.8. The molecular weight excluding hydrogens is 480 g/mol. The number of rotatable bonds is 10. The van der Waals surface area contributed by atoms with Crippen molar-refractivity contribution in [3.05, 3.63) is 29.8 Å². The summed E-state index contributed by atoms with van der Waals surface area (Å²) in [4.78, 5) is 52.3. The van der Waals surface area contributed by atoms with Gasteiger partial charge in [0.05, 0.1) is 11.9 Å². The highest BCUT2D eigenvalue weighted by Gasteiger charge is 2.45. The van der Waals surface area contributed by atoms with Gasteiger partial charge in [-0.2, -0.15) is 0 Å². The summed E-state index contributed by atoms with van der Waals surface area (Å²) in [5.41, 5.74) is -1.01. The molecule has 0 heterocycles. The lowest BCUT2D eigenvalue weighted by molar-refractivity contribution is -0.148. The SMILES string of the molecule is CCOC(=O)[C@H](Cc1ccc(O)cc1)NC(=O)C1(NC(=O)[C@@H](SC(=O)C(C)(C)C)C(C)C)CCCC1. The molecule has 36 heavy (non-hydrogen) atoms. The van der Waals surface area contributed by atoms with Crippen molar-refractivity contribution in [1.29, 1.82) is 0 Å². The van der Waals surface area contributed by atoms with Crippen LogP contribution in [0.2, 0.25) is 0 Å². The third kappa shape index (κ3) is 7.98. The fourth-order valence-corrected chi connectivity index (χ4v) is 5.10. The zero-order valence-electron chi connectivity index (χ0n) is 22.2. The minimum absolute atomic E-state index is 0.0856. The molecule has 0 aliphatic heterocycles. The fraction of sp³-hybridized carbons (Fsp3) is 0.630. The number of hydrogen-bond donors (Lipinski definition) is 3. The number of aromatic hydroxyl groups is 1. The Hall–Kier alpha value is -2.55. The summed E-state index contributed by atoms with van der Waals surface area (Å²) < 4.78 is 5.19. The van der Waals surface area contributed by atoms with Crippen LogP contribution >= 0.6 is 11.8 Å². The highest BCUT2D eigenvalue weighted by molar-refractivity contribution is 8.14. The van der Waals surface area contributed by atoms with E-state index in [0.29, 0.717) is 12.8 Å². The Morgan fingerprint density at radius 2 is 1.67 bits per heavy atom. The molecule has 0 spiro atoms. The van der Waals surface area contributed by atoms with Gasteiger partial charge >= 0.3 is 5.97 Å². The molecule has 9 heteroatoms. The number of nitrogens with one attached hydrogen (secondary N) is 2. The quantitative estimate of drug-likeness (QED) is 0.402. The predicted octanol–water partition coefficient (Wildman–Crippen LogP) is 3.74. The number of ether oxygens (including phenoxy) is 1. The average Bonchev–Trinajstić information content (AvgIpc) is 3.27. The first-order valence-corrected chi connectivity index (χ1v) is 13.5. The minimum atomic E-state index is -1.16. The molecule has 0 aromatic heterocycles. The van der Waals surface area contributed by atoms with Gasteiger partial charge in [-0.05, 0) is 43.4 Å². The van der Waals surface area contributed by atoms with Crippen molar-refractivity contribution in [2.24, 2.45) is 11.3 Å². The maximum Gasteiger partial charge on any atom is 0.328 e. The van der Waals surface area contributed by atoms with E-state index in [9.17, 15) is 24.3 Å². The predicted molar refractivity (Wildman–Crippen MR) is 140 cm³/mol. The Kier molecular flexibility index (Phi) is 10.4. The van der Waals surface area contributed by atoms with E-state index >= 15 is 0 Å². The number of benzene rings is 1. The normalized spacial score (nSPS) is 16.8. The topological polar surface area (TPSA) is 122 Å². The smallest absolute Gasteiger partial charge is 0.328 e. The van der Waals surface area contributed by atoms with Gasteiger partial charge in [-0.25, -0.2) is 4.79 Å². The molecular formula is C27H40N2O6S. The molecule has 2 atom stereocenters. The molecule has 2 amide bonds. The molecule has 1 aromatic rings. The molecule has 3 N–H and O–H groups in total. The van der Waals surface area contributed by atoms with E-state index in [1.54, 1.807) is 19.1 Å². The Morgan fingerprint density at radius 3 is 2.17 bits per heavy atom. The zero-order valence-corrected chi connectivity index (χ0v) is 23.0. The van der Waals surface area contributed by atoms with Crippen LogP contribution in [-0.2, 0) is 30.3 Å². The number of phenolic OH excluding ortho intramolecular Hbond substituents is 1. The summed E-state index contributed by atoms with van der Waals surface area (Å²) >= 11 is 1.01. The Labute approximate surface area is 218 Å². The van der Waals surface area contributed by atoms with Crippen molar-refractivity contribution < 1.29 is 29.0 Å². The molecule has 0 radical (unpaired) electrons. The van der Waals surface area contributed by atoms with Crippen molar-refractivity contribution >= 4 is 34.7 Å². The van der Waals surface area contributed by atoms with Crippen LogP contribution < -0.4 is 10.6 Å². The van der Waals surface area contributed by atoms with Crippen LogP contribution in [0.15, 0.2) is 24.3 Å². The third-order valence-corrected chi connectivity index (χ3v) is 8.06. The lowest BCUT2D eigenvalue weighted by Crippen LogP contribution is -2.61. The van der Waals surface area contributed by atoms with Crippen molar-refractivity contribution in [2.75, 3.05) is 6.61 Å². The number of carbonyl (C=O) groups is 4. The van der Waals surface area contributed by atoms with Crippen LogP contribution in [0.3, 0.4) is 0 Å². The Bertz CT molecular complexity index is 933. The Balaban J connectivity index is 2.23. The number of hydrogen-bond acceptors (Lipinski definition) is 7. The van der Waals surface area contributed by atoms with Crippen LogP contribution in [0.1, 0.15) is 72.8 Å². The van der Waals surface area contributed by atoms with E-state index in [2.05, 4.69) is 10.6 Å². The van der Waals surface area contributed by atoms with Gasteiger partial charge in [0.2, 0.25) is 11.8 Å². The second-order valence-corrected chi connectivity index (χ2v) is 11.9. The van der Waals surface area contributed by atoms with Gasteiger partial charge in [-0.3, -0.25) is 14.4 Å². The van der Waals surface area contributed by atoms with Crippen molar-refractivity contribution in [2.45, 2.75) is 90.5 Å². The summed E-state index contributed by atoms with van der Waals surface area (Å²) in [6, 6.07) is 5.44. The van der Waals surface area contributed by atoms with Crippen molar-refractivity contribution in [1.82, 2.24) is 10.6 Å². The lowest BCUT2D eigenvalue weighted by Gasteiger charge is -2.33. The molecule has 0 saturated heterocycles. The molecule has 200 valence electrons. The minimum Gasteiger partial charge on any atom is -0.508 e. The maximum atomic E-state index is 13.6. The highest BCUT2D eigenvalue weighted by Crippen LogP contribution is 2.33. The van der Waals surface area contributed by atoms with Gasteiger partial charge in [0.1, 0.15) is 17.3 Å². The van der Waals surface area contributed by atoms with Gasteiger partial charge in [0, 0.05) is 11.8 Å². The first kappa shape index (κ1) is 29.7. The summed E-state index contributed by atoms with van der Waals surface area (Å²) in [6.45, 7) is 11.1. The van der Waals surface area contributed by atoms with Gasteiger partial charge in [0.15, 0.2) is 5.12 Å². The van der Waals surface area contributed by atoms with Crippen LogP contribution in [0, 0.1) is 11.3 Å². The van der Waals surface area contributed by atoms with Gasteiger partial charge in [-0.1, -0.05) is 71.4 Å². The molecule has 1 aromatic carbocycles. The van der Waals surface area contributed by atoms with E-state index in [4.69, 9.17) is 4.74 Å². The van der Waals surface area contributed by atoms with Crippen LogP contribution in [0.25, 0.3) is 0 Å².